The van der Waals surface area contributed by atoms with Crippen molar-refractivity contribution < 1.29 is 4.79 Å². The highest BCUT2D eigenvalue weighted by Crippen LogP contribution is 2.31. The molecule has 2 N–H and O–H groups in total. The summed E-state index contributed by atoms with van der Waals surface area (Å²) in [5.41, 5.74) is 8.88. The van der Waals surface area contributed by atoms with E-state index in [2.05, 4.69) is 21.0 Å². The number of nitrogen functional groups attached to an aromatic ring is 1. The first-order chi connectivity index (χ1) is 17.1. The van der Waals surface area contributed by atoms with Crippen LogP contribution in [0.15, 0.2) is 67.3 Å². The van der Waals surface area contributed by atoms with Gasteiger partial charge < -0.3 is 10.6 Å². The van der Waals surface area contributed by atoms with Gasteiger partial charge in [-0.2, -0.15) is 5.10 Å². The first kappa shape index (κ1) is 21.0. The van der Waals surface area contributed by atoms with Crippen LogP contribution in [0, 0.1) is 0 Å². The molecule has 174 valence electrons. The van der Waals surface area contributed by atoms with Crippen LogP contribution in [0.2, 0.25) is 0 Å². The molecule has 1 amide bonds. The van der Waals surface area contributed by atoms with Gasteiger partial charge in [0.15, 0.2) is 0 Å². The van der Waals surface area contributed by atoms with Crippen LogP contribution in [0.5, 0.6) is 0 Å². The minimum atomic E-state index is 0.138. The number of rotatable bonds is 5. The summed E-state index contributed by atoms with van der Waals surface area (Å²) >= 11 is 0. The molecule has 0 spiro atoms. The molecule has 0 bridgehead atoms. The minimum Gasteiger partial charge on any atom is -0.383 e. The first-order valence-electron chi connectivity index (χ1n) is 11.5. The van der Waals surface area contributed by atoms with Crippen molar-refractivity contribution in [2.24, 2.45) is 0 Å². The average molecular weight is 465 g/mol. The predicted octanol–water partition coefficient (Wildman–Crippen LogP) is 3.90. The van der Waals surface area contributed by atoms with Crippen molar-refractivity contribution in [2.75, 3.05) is 29.1 Å². The summed E-state index contributed by atoms with van der Waals surface area (Å²) in [5, 5.41) is 7.66. The molecule has 0 saturated carbocycles. The number of nitrogens with zero attached hydrogens (tertiary/aromatic N) is 7. The van der Waals surface area contributed by atoms with Crippen molar-refractivity contribution in [1.82, 2.24) is 24.7 Å². The molecule has 0 atom stereocenters. The largest absolute Gasteiger partial charge is 0.383 e. The second kappa shape index (κ2) is 8.35. The van der Waals surface area contributed by atoms with Gasteiger partial charge >= 0.3 is 0 Å². The van der Waals surface area contributed by atoms with Crippen LogP contribution in [0.4, 0.5) is 23.1 Å². The van der Waals surface area contributed by atoms with Gasteiger partial charge in [-0.25, -0.2) is 15.0 Å². The van der Waals surface area contributed by atoms with Gasteiger partial charge in [-0.15, -0.1) is 0 Å². The summed E-state index contributed by atoms with van der Waals surface area (Å²) in [4.78, 5) is 29.1. The van der Waals surface area contributed by atoms with Crippen LogP contribution >= 0.6 is 0 Å². The van der Waals surface area contributed by atoms with E-state index in [1.807, 2.05) is 65.4 Å². The third-order valence-electron chi connectivity index (χ3n) is 6.45. The minimum absolute atomic E-state index is 0.138. The van der Waals surface area contributed by atoms with Gasteiger partial charge in [-0.05, 0) is 53.8 Å². The van der Waals surface area contributed by atoms with Crippen LogP contribution in [0.25, 0.3) is 21.7 Å². The molecule has 1 saturated heterocycles. The number of hydrogen-bond acceptors (Lipinski definition) is 7. The maximum atomic E-state index is 12.0. The molecule has 9 nitrogen and oxygen atoms in total. The van der Waals surface area contributed by atoms with Gasteiger partial charge in [0.25, 0.3) is 0 Å². The number of benzene rings is 1. The molecular formula is C26H24N8O. The second-order valence-electron chi connectivity index (χ2n) is 8.73. The number of aromatic nitrogens is 5. The molecule has 1 aliphatic heterocycles. The summed E-state index contributed by atoms with van der Waals surface area (Å²) in [6.45, 7) is 1.31. The van der Waals surface area contributed by atoms with Crippen molar-refractivity contribution in [3.05, 3.63) is 72.8 Å². The lowest BCUT2D eigenvalue weighted by Crippen LogP contribution is -2.24. The smallest absolute Gasteiger partial charge is 0.228 e. The normalized spacial score (nSPS) is 13.7. The third-order valence-corrected chi connectivity index (χ3v) is 6.45. The average Bonchev–Trinajstić information content (AvgIpc) is 3.49. The highest BCUT2D eigenvalue weighted by Gasteiger charge is 2.22. The summed E-state index contributed by atoms with van der Waals surface area (Å²) in [5.74, 6) is 2.19. The summed E-state index contributed by atoms with van der Waals surface area (Å²) in [6, 6.07) is 13.9. The summed E-state index contributed by atoms with van der Waals surface area (Å²) in [6.07, 6.45) is 8.80. The van der Waals surface area contributed by atoms with E-state index >= 15 is 0 Å². The van der Waals surface area contributed by atoms with Gasteiger partial charge in [-0.1, -0.05) is 6.07 Å². The predicted molar refractivity (Wildman–Crippen MR) is 137 cm³/mol. The fraction of sp³-hybridized carbons (Fsp3) is 0.192. The lowest BCUT2D eigenvalue weighted by Gasteiger charge is -2.19. The second-order valence-corrected chi connectivity index (χ2v) is 8.73. The van der Waals surface area contributed by atoms with E-state index in [-0.39, 0.29) is 5.91 Å². The van der Waals surface area contributed by atoms with Gasteiger partial charge in [-0.3, -0.25) is 14.4 Å². The summed E-state index contributed by atoms with van der Waals surface area (Å²) in [7, 11) is 1.99. The number of carbonyl (C=O) groups excluding carboxylic acids is 1. The van der Waals surface area contributed by atoms with E-state index < -0.39 is 0 Å². The lowest BCUT2D eigenvalue weighted by molar-refractivity contribution is -0.117. The molecule has 4 aromatic heterocycles. The highest BCUT2D eigenvalue weighted by molar-refractivity contribution is 5.96. The molecule has 6 rings (SSSR count). The summed E-state index contributed by atoms with van der Waals surface area (Å²) < 4.78 is 1.90. The van der Waals surface area contributed by atoms with Crippen molar-refractivity contribution in [2.45, 2.75) is 19.4 Å². The van der Waals surface area contributed by atoms with E-state index in [1.165, 1.54) is 0 Å². The molecule has 9 heteroatoms. The molecule has 1 aliphatic rings. The fourth-order valence-corrected chi connectivity index (χ4v) is 4.59. The molecule has 0 aliphatic carbocycles. The van der Waals surface area contributed by atoms with E-state index in [0.717, 1.165) is 51.7 Å². The van der Waals surface area contributed by atoms with E-state index in [1.54, 1.807) is 17.3 Å². The van der Waals surface area contributed by atoms with Crippen LogP contribution in [-0.4, -0.2) is 44.2 Å². The Morgan fingerprint density at radius 3 is 2.71 bits per heavy atom. The molecule has 5 heterocycles. The molecule has 35 heavy (non-hydrogen) atoms. The molecule has 1 aromatic carbocycles. The van der Waals surface area contributed by atoms with E-state index in [0.29, 0.717) is 24.6 Å². The Hall–Kier alpha value is -4.53. The number of hydrogen-bond donors (Lipinski definition) is 1. The zero-order valence-corrected chi connectivity index (χ0v) is 19.3. The van der Waals surface area contributed by atoms with Crippen molar-refractivity contribution in [3.63, 3.8) is 0 Å². The quantitative estimate of drug-likeness (QED) is 0.420. The van der Waals surface area contributed by atoms with Crippen LogP contribution < -0.4 is 15.5 Å². The standard InChI is InChI=1S/C26H24N8O/c1-32(19-5-6-20-18(13-19)8-10-28-25(20)27)26-21-16-33(31-22(21)9-11-29-26)15-17-4-7-23(30-14-17)34-12-2-3-24(34)35/h4-11,13-14,16H,2-3,12,15H2,1H3,(H2,27,28). The number of nitrogens with two attached hydrogens (primary N) is 1. The Labute approximate surface area is 201 Å². The number of pyridine rings is 3. The van der Waals surface area contributed by atoms with Crippen LogP contribution in [0.1, 0.15) is 18.4 Å². The maximum Gasteiger partial charge on any atom is 0.228 e. The Bertz CT molecular complexity index is 1560. The van der Waals surface area contributed by atoms with Gasteiger partial charge in [0.05, 0.1) is 17.4 Å². The molecule has 0 unspecified atom stereocenters. The lowest BCUT2D eigenvalue weighted by atomic mass is 10.1. The Morgan fingerprint density at radius 1 is 1.03 bits per heavy atom. The monoisotopic (exact) mass is 464 g/mol. The van der Waals surface area contributed by atoms with Gasteiger partial charge in [0.1, 0.15) is 17.5 Å². The van der Waals surface area contributed by atoms with Crippen molar-refractivity contribution in [1.29, 1.82) is 0 Å². The van der Waals surface area contributed by atoms with Gasteiger partial charge in [0, 0.05) is 55.9 Å². The van der Waals surface area contributed by atoms with Crippen molar-refractivity contribution in [3.8, 4) is 0 Å². The molecular weight excluding hydrogens is 440 g/mol. The van der Waals surface area contributed by atoms with Crippen LogP contribution in [0.3, 0.4) is 0 Å². The van der Waals surface area contributed by atoms with Gasteiger partial charge in [0.2, 0.25) is 5.91 Å². The topological polar surface area (TPSA) is 106 Å². The number of carbonyl (C=O) groups is 1. The number of anilines is 4. The highest BCUT2D eigenvalue weighted by atomic mass is 16.2. The molecule has 1 fully saturated rings. The SMILES string of the molecule is CN(c1ccc2c(N)nccc2c1)c1nccc2nn(Cc3ccc(N4CCCC4=O)nc3)cc12. The zero-order valence-electron chi connectivity index (χ0n) is 19.3. The maximum absolute atomic E-state index is 12.0. The van der Waals surface area contributed by atoms with E-state index in [9.17, 15) is 4.79 Å². The van der Waals surface area contributed by atoms with Crippen molar-refractivity contribution >= 4 is 50.7 Å². The third kappa shape index (κ3) is 3.80. The Morgan fingerprint density at radius 2 is 1.91 bits per heavy atom. The number of amides is 1. The zero-order chi connectivity index (χ0) is 23.9. The number of fused-ring (bicyclic) bond motifs is 2. The van der Waals surface area contributed by atoms with E-state index in [4.69, 9.17) is 10.8 Å². The first-order valence-corrected chi connectivity index (χ1v) is 11.5. The van der Waals surface area contributed by atoms with Crippen LogP contribution in [-0.2, 0) is 11.3 Å². The fourth-order valence-electron chi connectivity index (χ4n) is 4.59. The Kier molecular flexibility index (Phi) is 5.02. The molecule has 0 radical (unpaired) electrons. The molecule has 5 aromatic rings. The Balaban J connectivity index is 1.28.